The van der Waals surface area contributed by atoms with Crippen LogP contribution in [-0.2, 0) is 14.3 Å². The fourth-order valence-electron chi connectivity index (χ4n) is 2.91. The third-order valence-corrected chi connectivity index (χ3v) is 3.32. The van der Waals surface area contributed by atoms with E-state index in [9.17, 15) is 4.79 Å². The predicted molar refractivity (Wildman–Crippen MR) is 72.3 cm³/mol. The van der Waals surface area contributed by atoms with Gasteiger partial charge in [-0.3, -0.25) is 0 Å². The van der Waals surface area contributed by atoms with Crippen LogP contribution in [-0.4, -0.2) is 25.3 Å². The van der Waals surface area contributed by atoms with Crippen molar-refractivity contribution in [3.8, 4) is 0 Å². The van der Waals surface area contributed by atoms with Gasteiger partial charge in [0, 0.05) is 6.08 Å². The van der Waals surface area contributed by atoms with E-state index in [1.165, 1.54) is 12.5 Å². The Balaban J connectivity index is 2.29. The Hall–Kier alpha value is -0.830. The third-order valence-electron chi connectivity index (χ3n) is 3.32. The molecule has 0 radical (unpaired) electrons. The summed E-state index contributed by atoms with van der Waals surface area (Å²) in [5.74, 6) is 0.422. The molecule has 1 aliphatic carbocycles. The van der Waals surface area contributed by atoms with Crippen molar-refractivity contribution in [2.75, 3.05) is 13.2 Å². The maximum absolute atomic E-state index is 11.1. The van der Waals surface area contributed by atoms with E-state index in [2.05, 4.69) is 20.8 Å². The van der Waals surface area contributed by atoms with E-state index in [-0.39, 0.29) is 5.97 Å². The normalized spacial score (nSPS) is 27.3. The van der Waals surface area contributed by atoms with Gasteiger partial charge in [-0.25, -0.2) is 4.79 Å². The molecular weight excluding hydrogens is 228 g/mol. The highest BCUT2D eigenvalue weighted by molar-refractivity contribution is 5.81. The molecule has 0 heterocycles. The van der Waals surface area contributed by atoms with Gasteiger partial charge in [0.2, 0.25) is 0 Å². The number of carbonyl (C=O) groups excluding carboxylic acids is 1. The first kappa shape index (κ1) is 15.2. The quantitative estimate of drug-likeness (QED) is 0.557. The van der Waals surface area contributed by atoms with Crippen LogP contribution in [0, 0.1) is 11.3 Å². The minimum atomic E-state index is -0.293. The van der Waals surface area contributed by atoms with Crippen molar-refractivity contribution in [1.82, 2.24) is 0 Å². The minimum absolute atomic E-state index is 0.293. The fraction of sp³-hybridized carbons (Fsp3) is 0.800. The monoisotopic (exact) mass is 254 g/mol. The van der Waals surface area contributed by atoms with Gasteiger partial charge in [-0.1, -0.05) is 26.8 Å². The van der Waals surface area contributed by atoms with Gasteiger partial charge in [-0.15, -0.1) is 0 Å². The summed E-state index contributed by atoms with van der Waals surface area (Å²) < 4.78 is 10.6. The summed E-state index contributed by atoms with van der Waals surface area (Å²) in [4.78, 5) is 11.1. The lowest BCUT2D eigenvalue weighted by Gasteiger charge is -2.38. The van der Waals surface area contributed by atoms with Gasteiger partial charge < -0.3 is 9.47 Å². The summed E-state index contributed by atoms with van der Waals surface area (Å²) in [5.41, 5.74) is 0.368. The van der Waals surface area contributed by atoms with Crippen LogP contribution >= 0.6 is 0 Å². The average Bonchev–Trinajstić information content (AvgIpc) is 2.22. The van der Waals surface area contributed by atoms with Crippen molar-refractivity contribution in [3.05, 3.63) is 12.2 Å². The Morgan fingerprint density at radius 2 is 2.11 bits per heavy atom. The lowest BCUT2D eigenvalue weighted by atomic mass is 9.71. The molecule has 2 unspecified atom stereocenters. The first-order chi connectivity index (χ1) is 8.43. The van der Waals surface area contributed by atoms with Crippen LogP contribution in [0.4, 0.5) is 0 Å². The summed E-state index contributed by atoms with van der Waals surface area (Å²) in [6.07, 6.45) is 6.99. The molecule has 3 heteroatoms. The van der Waals surface area contributed by atoms with Gasteiger partial charge in [-0.2, -0.15) is 0 Å². The minimum Gasteiger partial charge on any atom is -0.463 e. The highest BCUT2D eigenvalue weighted by Gasteiger charge is 2.32. The van der Waals surface area contributed by atoms with Gasteiger partial charge in [0.1, 0.15) is 0 Å². The van der Waals surface area contributed by atoms with Crippen molar-refractivity contribution in [1.29, 1.82) is 0 Å². The summed E-state index contributed by atoms with van der Waals surface area (Å²) in [6.45, 7) is 9.59. The summed E-state index contributed by atoms with van der Waals surface area (Å²) in [5, 5.41) is 0. The van der Waals surface area contributed by atoms with Crippen LogP contribution < -0.4 is 0 Å². The number of carbonyl (C=O) groups is 1. The van der Waals surface area contributed by atoms with Crippen molar-refractivity contribution in [3.63, 3.8) is 0 Å². The largest absolute Gasteiger partial charge is 0.463 e. The van der Waals surface area contributed by atoms with Crippen LogP contribution in [0.25, 0.3) is 0 Å². The summed E-state index contributed by atoms with van der Waals surface area (Å²) in [7, 11) is 0. The van der Waals surface area contributed by atoms with E-state index in [1.54, 1.807) is 13.0 Å². The highest BCUT2D eigenvalue weighted by Crippen LogP contribution is 2.39. The molecule has 0 spiro atoms. The Morgan fingerprint density at radius 3 is 2.72 bits per heavy atom. The fourth-order valence-corrected chi connectivity index (χ4v) is 2.91. The Morgan fingerprint density at radius 1 is 1.39 bits per heavy atom. The second-order valence-corrected chi connectivity index (χ2v) is 6.02. The zero-order chi connectivity index (χ0) is 13.6. The molecule has 18 heavy (non-hydrogen) atoms. The van der Waals surface area contributed by atoms with Gasteiger partial charge in [0.25, 0.3) is 0 Å². The molecule has 0 aromatic carbocycles. The Labute approximate surface area is 111 Å². The van der Waals surface area contributed by atoms with E-state index < -0.39 is 0 Å². The van der Waals surface area contributed by atoms with E-state index in [1.807, 2.05) is 0 Å². The molecule has 0 bridgehead atoms. The van der Waals surface area contributed by atoms with Crippen molar-refractivity contribution in [2.45, 2.75) is 53.1 Å². The molecule has 2 atom stereocenters. The zero-order valence-electron chi connectivity index (χ0n) is 12.1. The zero-order valence-corrected chi connectivity index (χ0v) is 12.1. The van der Waals surface area contributed by atoms with E-state index in [4.69, 9.17) is 9.47 Å². The van der Waals surface area contributed by atoms with Crippen LogP contribution in [0.5, 0.6) is 0 Å². The van der Waals surface area contributed by atoms with Gasteiger partial charge in [0.15, 0.2) is 0 Å². The molecule has 0 aromatic heterocycles. The summed E-state index contributed by atoms with van der Waals surface area (Å²) in [6, 6.07) is 0. The standard InChI is InChI=1S/C15H26O3/c1-5-17-14(16)7-6-8-18-13-9-12(2)10-15(3,4)11-13/h6-7,12-13H,5,8-11H2,1-4H3/b7-6+. The van der Waals surface area contributed by atoms with Gasteiger partial charge >= 0.3 is 5.97 Å². The van der Waals surface area contributed by atoms with E-state index in [0.29, 0.717) is 30.7 Å². The summed E-state index contributed by atoms with van der Waals surface area (Å²) >= 11 is 0. The predicted octanol–water partition coefficient (Wildman–Crippen LogP) is 3.34. The molecule has 1 fully saturated rings. The van der Waals surface area contributed by atoms with Crippen molar-refractivity contribution < 1.29 is 14.3 Å². The third kappa shape index (κ3) is 5.67. The smallest absolute Gasteiger partial charge is 0.330 e. The second-order valence-electron chi connectivity index (χ2n) is 6.02. The van der Waals surface area contributed by atoms with Crippen LogP contribution in [0.2, 0.25) is 0 Å². The molecule has 0 aromatic rings. The SMILES string of the molecule is CCOC(=O)/C=C/COC1CC(C)CC(C)(C)C1. The van der Waals surface area contributed by atoms with Gasteiger partial charge in [0.05, 0.1) is 19.3 Å². The molecule has 1 rings (SSSR count). The molecule has 104 valence electrons. The Kier molecular flexibility index (Phi) is 5.86. The van der Waals surface area contributed by atoms with Crippen LogP contribution in [0.1, 0.15) is 47.0 Å². The maximum atomic E-state index is 11.1. The molecule has 0 aliphatic heterocycles. The van der Waals surface area contributed by atoms with Crippen LogP contribution in [0.3, 0.4) is 0 Å². The number of rotatable bonds is 5. The molecular formula is C15H26O3. The second kappa shape index (κ2) is 6.93. The lowest BCUT2D eigenvalue weighted by molar-refractivity contribution is -0.137. The number of esters is 1. The van der Waals surface area contributed by atoms with Crippen molar-refractivity contribution in [2.24, 2.45) is 11.3 Å². The molecule has 0 saturated heterocycles. The molecule has 1 aliphatic rings. The molecule has 0 amide bonds. The first-order valence-corrected chi connectivity index (χ1v) is 6.88. The van der Waals surface area contributed by atoms with E-state index >= 15 is 0 Å². The topological polar surface area (TPSA) is 35.5 Å². The van der Waals surface area contributed by atoms with Gasteiger partial charge in [-0.05, 0) is 37.5 Å². The lowest BCUT2D eigenvalue weighted by Crippen LogP contribution is -2.32. The molecule has 3 nitrogen and oxygen atoms in total. The first-order valence-electron chi connectivity index (χ1n) is 6.88. The van der Waals surface area contributed by atoms with Crippen LogP contribution in [0.15, 0.2) is 12.2 Å². The molecule has 1 saturated carbocycles. The number of hydrogen-bond donors (Lipinski definition) is 0. The maximum Gasteiger partial charge on any atom is 0.330 e. The molecule has 0 N–H and O–H groups in total. The van der Waals surface area contributed by atoms with Crippen molar-refractivity contribution >= 4 is 5.97 Å². The van der Waals surface area contributed by atoms with E-state index in [0.717, 1.165) is 12.8 Å². The highest BCUT2D eigenvalue weighted by atomic mass is 16.5. The number of hydrogen-bond acceptors (Lipinski definition) is 3. The number of ether oxygens (including phenoxy) is 2. The Bertz CT molecular complexity index is 294. The average molecular weight is 254 g/mol.